The summed E-state index contributed by atoms with van der Waals surface area (Å²) in [6.07, 6.45) is -3.45. The zero-order chi connectivity index (χ0) is 38.4. The van der Waals surface area contributed by atoms with E-state index in [2.05, 4.69) is 0 Å². The van der Waals surface area contributed by atoms with E-state index in [0.717, 1.165) is 33.4 Å². The van der Waals surface area contributed by atoms with Gasteiger partial charge in [0.05, 0.1) is 0 Å². The van der Waals surface area contributed by atoms with Crippen LogP contribution in [0.1, 0.15) is 33.4 Å². The van der Waals surface area contributed by atoms with E-state index in [1.165, 1.54) is 14.7 Å². The number of rotatable bonds is 12. The molecule has 0 aliphatic rings. The largest absolute Gasteiger partial charge is 3.00 e. The minimum Gasteiger partial charge on any atom is -0.530 e. The van der Waals surface area contributed by atoms with Crippen molar-refractivity contribution in [2.24, 2.45) is 0 Å². The number of hydrogen-bond donors (Lipinski definition) is 0. The van der Waals surface area contributed by atoms with Crippen molar-refractivity contribution in [3.8, 4) is 0 Å². The Morgan fingerprint density at radius 3 is 0.527 bits per heavy atom. The Kier molecular flexibility index (Phi) is 18.8. The minimum absolute atomic E-state index is 0. The number of hydrogen-bond acceptors (Lipinski definition) is 6. The number of benzene rings is 6. The first kappa shape index (κ1) is 43.1. The fourth-order valence-electron chi connectivity index (χ4n) is 5.38. The minimum atomic E-state index is -1.15. The Bertz CT molecular complexity index is 1600. The van der Waals surface area contributed by atoms with Crippen LogP contribution in [0.2, 0.25) is 0 Å². The summed E-state index contributed by atoms with van der Waals surface area (Å²) in [5, 5.41) is 33.4. The van der Waals surface area contributed by atoms with Gasteiger partial charge in [0.1, 0.15) is 18.3 Å². The van der Waals surface area contributed by atoms with Crippen molar-refractivity contribution in [3.63, 3.8) is 0 Å². The van der Waals surface area contributed by atoms with Gasteiger partial charge in [0, 0.05) is 39.3 Å². The maximum Gasteiger partial charge on any atom is 3.00 e. The molecule has 0 unspecified atom stereocenters. The molecule has 0 fully saturated rings. The molecule has 6 rings (SSSR count). The van der Waals surface area contributed by atoms with Gasteiger partial charge in [-0.15, -0.1) is 0 Å². The average molecular weight is 773 g/mol. The Hall–Kier alpha value is -6.34. The first-order valence-corrected chi connectivity index (χ1v) is 17.4. The summed E-state index contributed by atoms with van der Waals surface area (Å²) in [4.78, 5) is 37.3. The molecule has 0 aliphatic heterocycles. The number of carboxylic acid groups (broad SMARTS) is 3. The van der Waals surface area contributed by atoms with Crippen molar-refractivity contribution in [2.75, 3.05) is 0 Å². The predicted octanol–water partition coefficient (Wildman–Crippen LogP) is 6.09. The standard InChI is InChI=1S/3C15H15NO2.Cr/c3*17-15(18)16(11-13-7-3-1-4-8-13)12-14-9-5-2-6-10-14;/h3*1-10H,11-12H2,(H,17,18);/q;;;+3/p-3. The molecular weight excluding hydrogens is 731 g/mol. The van der Waals surface area contributed by atoms with E-state index in [1.807, 2.05) is 182 Å². The summed E-state index contributed by atoms with van der Waals surface area (Å²) in [7, 11) is 0. The van der Waals surface area contributed by atoms with Crippen LogP contribution in [0.3, 0.4) is 0 Å². The van der Waals surface area contributed by atoms with Crippen LogP contribution in [0.5, 0.6) is 0 Å². The molecule has 9 nitrogen and oxygen atoms in total. The van der Waals surface area contributed by atoms with Crippen molar-refractivity contribution >= 4 is 18.3 Å². The molecule has 10 heteroatoms. The molecular formula is C45H42CrN3O6. The van der Waals surface area contributed by atoms with Crippen molar-refractivity contribution in [2.45, 2.75) is 39.3 Å². The van der Waals surface area contributed by atoms with Gasteiger partial charge in [-0.25, -0.2) is 0 Å². The average Bonchev–Trinajstić information content (AvgIpc) is 3.20. The molecule has 0 bridgehead atoms. The van der Waals surface area contributed by atoms with Gasteiger partial charge in [0.15, 0.2) is 0 Å². The van der Waals surface area contributed by atoms with E-state index >= 15 is 0 Å². The molecule has 0 N–H and O–H groups in total. The molecule has 55 heavy (non-hydrogen) atoms. The SMILES string of the molecule is O=C([O-])N(Cc1ccccc1)Cc1ccccc1.O=C([O-])N(Cc1ccccc1)Cc1ccccc1.O=C([O-])N(Cc1ccccc1)Cc1ccccc1.[Cr+3]. The first-order valence-electron chi connectivity index (χ1n) is 17.4. The van der Waals surface area contributed by atoms with E-state index in [1.54, 1.807) is 0 Å². The summed E-state index contributed by atoms with van der Waals surface area (Å²) in [6.45, 7) is 2.07. The van der Waals surface area contributed by atoms with Gasteiger partial charge in [0.2, 0.25) is 0 Å². The van der Waals surface area contributed by atoms with Crippen LogP contribution in [0, 0.1) is 0 Å². The van der Waals surface area contributed by atoms with Gasteiger partial charge < -0.3 is 44.4 Å². The van der Waals surface area contributed by atoms with E-state index in [-0.39, 0.29) is 17.4 Å². The number of carbonyl (C=O) groups is 3. The number of amides is 3. The quantitative estimate of drug-likeness (QED) is 0.148. The molecule has 0 aliphatic carbocycles. The topological polar surface area (TPSA) is 130 Å². The fraction of sp³-hybridized carbons (Fsp3) is 0.133. The molecule has 6 aromatic carbocycles. The predicted molar refractivity (Wildman–Crippen MR) is 203 cm³/mol. The monoisotopic (exact) mass is 772 g/mol. The maximum absolute atomic E-state index is 11.1. The summed E-state index contributed by atoms with van der Waals surface area (Å²) < 4.78 is 0. The van der Waals surface area contributed by atoms with E-state index in [4.69, 9.17) is 0 Å². The summed E-state index contributed by atoms with van der Waals surface area (Å²) in [6, 6.07) is 57.0. The Balaban J connectivity index is 0.000000220. The Morgan fingerprint density at radius 1 is 0.291 bits per heavy atom. The molecule has 1 radical (unpaired) electrons. The van der Waals surface area contributed by atoms with Crippen molar-refractivity contribution in [1.29, 1.82) is 0 Å². The molecule has 279 valence electrons. The van der Waals surface area contributed by atoms with E-state index < -0.39 is 18.3 Å². The summed E-state index contributed by atoms with van der Waals surface area (Å²) >= 11 is 0. The Labute approximate surface area is 333 Å². The van der Waals surface area contributed by atoms with Crippen molar-refractivity contribution in [3.05, 3.63) is 215 Å². The van der Waals surface area contributed by atoms with Gasteiger partial charge in [0.25, 0.3) is 0 Å². The third kappa shape index (κ3) is 16.5. The zero-order valence-electron chi connectivity index (χ0n) is 30.3. The summed E-state index contributed by atoms with van der Waals surface area (Å²) in [5.74, 6) is 0. The zero-order valence-corrected chi connectivity index (χ0v) is 31.5. The fourth-order valence-corrected chi connectivity index (χ4v) is 5.38. The van der Waals surface area contributed by atoms with Gasteiger partial charge in [-0.1, -0.05) is 182 Å². The van der Waals surface area contributed by atoms with Gasteiger partial charge >= 0.3 is 17.4 Å². The van der Waals surface area contributed by atoms with Crippen LogP contribution < -0.4 is 15.3 Å². The van der Waals surface area contributed by atoms with E-state index in [9.17, 15) is 29.7 Å². The normalized spacial score (nSPS) is 9.82. The van der Waals surface area contributed by atoms with Crippen LogP contribution in [0.15, 0.2) is 182 Å². The maximum atomic E-state index is 11.1. The second kappa shape index (κ2) is 24.1. The molecule has 3 amide bonds. The third-order valence-electron chi connectivity index (χ3n) is 8.07. The van der Waals surface area contributed by atoms with Crippen LogP contribution >= 0.6 is 0 Å². The third-order valence-corrected chi connectivity index (χ3v) is 8.07. The van der Waals surface area contributed by atoms with E-state index in [0.29, 0.717) is 39.3 Å². The second-order valence-corrected chi connectivity index (χ2v) is 12.3. The Morgan fingerprint density at radius 2 is 0.418 bits per heavy atom. The second-order valence-electron chi connectivity index (χ2n) is 12.3. The van der Waals surface area contributed by atoms with Crippen LogP contribution in [-0.4, -0.2) is 33.0 Å². The number of nitrogens with zero attached hydrogens (tertiary/aromatic N) is 3. The van der Waals surface area contributed by atoms with Crippen LogP contribution in [-0.2, 0) is 56.6 Å². The summed E-state index contributed by atoms with van der Waals surface area (Å²) in [5.41, 5.74) is 5.74. The first-order chi connectivity index (χ1) is 26.3. The van der Waals surface area contributed by atoms with Gasteiger partial charge in [-0.05, 0) is 33.4 Å². The molecule has 0 aromatic heterocycles. The van der Waals surface area contributed by atoms with Crippen LogP contribution in [0.4, 0.5) is 14.4 Å². The van der Waals surface area contributed by atoms with Gasteiger partial charge in [-0.3, -0.25) is 0 Å². The molecule has 0 saturated heterocycles. The molecule has 0 saturated carbocycles. The molecule has 0 spiro atoms. The van der Waals surface area contributed by atoms with Gasteiger partial charge in [-0.2, -0.15) is 0 Å². The van der Waals surface area contributed by atoms with Crippen LogP contribution in [0.25, 0.3) is 0 Å². The molecule has 6 aromatic rings. The smallest absolute Gasteiger partial charge is 0.530 e. The van der Waals surface area contributed by atoms with Crippen molar-refractivity contribution < 1.29 is 47.1 Å². The molecule has 0 atom stereocenters. The molecule has 0 heterocycles. The van der Waals surface area contributed by atoms with Crippen molar-refractivity contribution in [1.82, 2.24) is 14.7 Å². The number of carbonyl (C=O) groups excluding carboxylic acids is 3.